The summed E-state index contributed by atoms with van der Waals surface area (Å²) in [5.41, 5.74) is -10.8. The van der Waals surface area contributed by atoms with E-state index in [1.165, 1.54) is 36.4 Å². The van der Waals surface area contributed by atoms with Crippen LogP contribution in [-0.4, -0.2) is 83.3 Å². The van der Waals surface area contributed by atoms with Crippen molar-refractivity contribution in [3.63, 3.8) is 0 Å². The summed E-state index contributed by atoms with van der Waals surface area (Å²) in [4.78, 5) is 0. The van der Waals surface area contributed by atoms with E-state index in [9.17, 15) is 10.2 Å². The first kappa shape index (κ1) is 61.2. The maximum absolute atomic E-state index is 17.5. The smallest absolute Gasteiger partial charge is 0.369 e. The molecule has 0 radical (unpaired) electrons. The van der Waals surface area contributed by atoms with Crippen molar-refractivity contribution in [3.05, 3.63) is 215 Å². The first-order valence-electron chi connectivity index (χ1n) is 26.7. The van der Waals surface area contributed by atoms with E-state index in [-0.39, 0.29) is 36.0 Å². The molecule has 0 aromatic heterocycles. The first-order chi connectivity index (χ1) is 37.4. The molecule has 0 heterocycles. The van der Waals surface area contributed by atoms with Crippen LogP contribution in [0.4, 0.5) is 0 Å². The Labute approximate surface area is 458 Å². The minimum absolute atomic E-state index is 0.00645. The Kier molecular flexibility index (Phi) is 20.7. The van der Waals surface area contributed by atoms with E-state index in [1.54, 1.807) is 159 Å². The Morgan fingerprint density at radius 3 is 0.795 bits per heavy atom. The molecule has 15 nitrogen and oxygen atoms in total. The normalized spacial score (nSPS) is 26.6. The fourth-order valence-electron chi connectivity index (χ4n) is 10.3. The Balaban J connectivity index is 1.76. The molecule has 420 valence electrons. The van der Waals surface area contributed by atoms with Crippen LogP contribution in [0.25, 0.3) is 0 Å². The molecule has 1 fully saturated rings. The molecule has 6 N–H and O–H groups in total. The summed E-state index contributed by atoms with van der Waals surface area (Å²) in [7, 11) is -18.4. The highest BCUT2D eigenvalue weighted by molar-refractivity contribution is 7.61. The van der Waals surface area contributed by atoms with Crippen LogP contribution >= 0.6 is 22.8 Å². The van der Waals surface area contributed by atoms with Crippen molar-refractivity contribution in [2.45, 2.75) is 131 Å². The van der Waals surface area contributed by atoms with Gasteiger partial charge in [0.1, 0.15) is 11.2 Å². The lowest BCUT2D eigenvalue weighted by atomic mass is 9.55. The molecule has 0 aliphatic heterocycles. The van der Waals surface area contributed by atoms with Gasteiger partial charge in [-0.05, 0) is 52.6 Å². The molecule has 78 heavy (non-hydrogen) atoms. The van der Waals surface area contributed by atoms with E-state index >= 15 is 34.1 Å². The van der Waals surface area contributed by atoms with E-state index in [0.29, 0.717) is 36.0 Å². The molecule has 7 rings (SSSR count). The monoisotopic (exact) mass is 1130 g/mol. The maximum Gasteiger partial charge on any atom is 0.369 e. The highest BCUT2D eigenvalue weighted by atomic mass is 31.2. The maximum atomic E-state index is 17.5. The quantitative estimate of drug-likeness (QED) is 0.0182. The van der Waals surface area contributed by atoms with Crippen LogP contribution in [-0.2, 0) is 79.9 Å². The van der Waals surface area contributed by atoms with Crippen LogP contribution in [0.15, 0.2) is 182 Å². The van der Waals surface area contributed by atoms with Crippen molar-refractivity contribution in [2.75, 3.05) is 19.8 Å². The molecule has 1 saturated carbocycles. The third-order valence-electron chi connectivity index (χ3n) is 14.6. The Morgan fingerprint density at radius 1 is 0.308 bits per heavy atom. The van der Waals surface area contributed by atoms with Gasteiger partial charge in [0.15, 0.2) is 5.60 Å². The van der Waals surface area contributed by atoms with E-state index in [2.05, 4.69) is 0 Å². The molecular weight excluding hydrogens is 1050 g/mol. The number of benzene rings is 6. The van der Waals surface area contributed by atoms with Crippen LogP contribution in [0, 0.1) is 0 Å². The molecule has 1 aliphatic carbocycles. The zero-order valence-corrected chi connectivity index (χ0v) is 47.3. The molecule has 0 saturated heterocycles. The Bertz CT molecular complexity index is 2930. The standard InChI is InChI=1S/C60H75O15P3/c1-4-7-40-70-76(67,73-46-52-34-22-13-23-35-52)58(64)55(61,43-49-28-16-10-17-29-49)56(62,44-50-30-18-11-19-31-50)59(65,77(68,71-41-8-5-2)74-47-53-36-24-14-25-37-53)60(66,57(58,63)45-51-32-20-12-21-33-51)78(69,72-42-9-6-3)75-48-54-38-26-15-27-39-54/h10-39,61-66H,4-9,40-48H2,1-3H3/t55-,56+,57+,58+,59+,60+,76?,77?,78?/m0/s1. The summed E-state index contributed by atoms with van der Waals surface area (Å²) in [6, 6.07) is 47.9. The summed E-state index contributed by atoms with van der Waals surface area (Å²) >= 11 is 0. The lowest BCUT2D eigenvalue weighted by Gasteiger charge is -2.72. The van der Waals surface area contributed by atoms with Gasteiger partial charge >= 0.3 is 22.8 Å². The van der Waals surface area contributed by atoms with Gasteiger partial charge in [-0.1, -0.05) is 222 Å². The highest BCUT2D eigenvalue weighted by Gasteiger charge is 3.00. The third-order valence-corrected chi connectivity index (χ3v) is 22.2. The van der Waals surface area contributed by atoms with Gasteiger partial charge in [0, 0.05) is 19.3 Å². The number of unbranched alkanes of at least 4 members (excludes halogenated alkanes) is 3. The summed E-state index contributed by atoms with van der Waals surface area (Å²) in [5.74, 6) is 0. The van der Waals surface area contributed by atoms with Crippen LogP contribution in [0.2, 0.25) is 0 Å². The summed E-state index contributed by atoms with van der Waals surface area (Å²) < 4.78 is 90.6. The van der Waals surface area contributed by atoms with Crippen LogP contribution in [0.1, 0.15) is 92.7 Å². The molecule has 0 spiro atoms. The van der Waals surface area contributed by atoms with Gasteiger partial charge in [0.05, 0.1) is 39.6 Å². The third kappa shape index (κ3) is 11.5. The second-order valence-electron chi connectivity index (χ2n) is 19.9. The summed E-state index contributed by atoms with van der Waals surface area (Å²) in [6.45, 7) is 1.79. The SMILES string of the molecule is CCCCOP(=O)(OCc1ccccc1)[C@@]1(O)[C@](O)(Cc2ccccc2)[C@@](O)(P(=O)(OCCCC)OCc2ccccc2)[C@](O)(P(=O)(OCCCC)OCc2ccccc2)[C@@](O)(Cc2ccccc2)[C@@]1(O)Cc1ccccc1. The van der Waals surface area contributed by atoms with Crippen molar-refractivity contribution in [2.24, 2.45) is 0 Å². The highest BCUT2D eigenvalue weighted by Crippen LogP contribution is 2.87. The average Bonchev–Trinajstić information content (AvgIpc) is 3.19. The number of rotatable bonds is 30. The predicted octanol–water partition coefficient (Wildman–Crippen LogP) is 11.7. The van der Waals surface area contributed by atoms with Gasteiger partial charge in [0.25, 0.3) is 0 Å². The fraction of sp³-hybridized carbons (Fsp3) is 0.400. The van der Waals surface area contributed by atoms with Gasteiger partial charge in [-0.25, -0.2) is 0 Å². The number of aliphatic hydroxyl groups is 6. The molecule has 1 aliphatic rings. The van der Waals surface area contributed by atoms with Crippen LogP contribution < -0.4 is 0 Å². The van der Waals surface area contributed by atoms with Crippen LogP contribution in [0.3, 0.4) is 0 Å². The number of hydrogen-bond donors (Lipinski definition) is 6. The zero-order chi connectivity index (χ0) is 56.0. The van der Waals surface area contributed by atoms with Crippen molar-refractivity contribution in [3.8, 4) is 0 Å². The van der Waals surface area contributed by atoms with E-state index in [1.807, 2.05) is 6.92 Å². The van der Waals surface area contributed by atoms with Gasteiger partial charge in [0.2, 0.25) is 16.0 Å². The largest absolute Gasteiger partial charge is 0.382 e. The van der Waals surface area contributed by atoms with Crippen LogP contribution in [0.5, 0.6) is 0 Å². The summed E-state index contributed by atoms with van der Waals surface area (Å²) in [6.07, 6.45) is -1.86. The molecule has 6 aromatic carbocycles. The van der Waals surface area contributed by atoms with Gasteiger partial charge in [-0.2, -0.15) is 0 Å². The molecule has 9 atom stereocenters. The number of hydrogen-bond acceptors (Lipinski definition) is 15. The minimum Gasteiger partial charge on any atom is -0.382 e. The lowest BCUT2D eigenvalue weighted by Crippen LogP contribution is -2.95. The van der Waals surface area contributed by atoms with Crippen molar-refractivity contribution < 1.29 is 71.5 Å². The first-order valence-corrected chi connectivity index (χ1v) is 31.3. The summed E-state index contributed by atoms with van der Waals surface area (Å²) in [5, 5.41) is 77.3. The van der Waals surface area contributed by atoms with Crippen molar-refractivity contribution in [1.29, 1.82) is 0 Å². The second kappa shape index (κ2) is 26.4. The van der Waals surface area contributed by atoms with E-state index < -0.39 is 115 Å². The van der Waals surface area contributed by atoms with Gasteiger partial charge < -0.3 is 57.8 Å². The van der Waals surface area contributed by atoms with Gasteiger partial charge in [-0.15, -0.1) is 0 Å². The lowest BCUT2D eigenvalue weighted by molar-refractivity contribution is -0.388. The predicted molar refractivity (Wildman–Crippen MR) is 299 cm³/mol. The molecular formula is C60H75O15P3. The second-order valence-corrected chi connectivity index (χ2v) is 26.4. The fourth-order valence-corrected chi connectivity index (χ4v) is 18.5. The topological polar surface area (TPSA) is 228 Å². The molecule has 6 aromatic rings. The van der Waals surface area contributed by atoms with Gasteiger partial charge in [-0.3, -0.25) is 13.7 Å². The average molecular weight is 1130 g/mol. The molecule has 18 heteroatoms. The Morgan fingerprint density at radius 2 is 0.526 bits per heavy atom. The molecule has 3 unspecified atom stereocenters. The van der Waals surface area contributed by atoms with Crippen molar-refractivity contribution >= 4 is 22.8 Å². The minimum atomic E-state index is -6.23. The van der Waals surface area contributed by atoms with Crippen molar-refractivity contribution in [1.82, 2.24) is 0 Å². The van der Waals surface area contributed by atoms with E-state index in [4.69, 9.17) is 27.1 Å². The molecule has 0 amide bonds. The van der Waals surface area contributed by atoms with E-state index in [0.717, 1.165) is 0 Å². The Hall–Kier alpha value is -4.47. The zero-order valence-electron chi connectivity index (χ0n) is 44.6. The molecule has 0 bridgehead atoms.